The van der Waals surface area contributed by atoms with E-state index in [2.05, 4.69) is 17.9 Å². The van der Waals surface area contributed by atoms with Crippen LogP contribution in [0.25, 0.3) is 0 Å². The molecule has 2 saturated carbocycles. The van der Waals surface area contributed by atoms with Gasteiger partial charge in [-0.05, 0) is 56.2 Å². The molecule has 4 rings (SSSR count). The third-order valence-corrected chi connectivity index (χ3v) is 6.08. The van der Waals surface area contributed by atoms with E-state index in [0.29, 0.717) is 0 Å². The van der Waals surface area contributed by atoms with E-state index in [9.17, 15) is 20.3 Å². The largest absolute Gasteiger partial charge is 0.394 e. The number of nitriles is 1. The van der Waals surface area contributed by atoms with Crippen molar-refractivity contribution in [1.29, 1.82) is 5.26 Å². The number of carbonyl (C=O) groups is 1. The Morgan fingerprint density at radius 1 is 1.22 bits per heavy atom. The van der Waals surface area contributed by atoms with Gasteiger partial charge in [-0.3, -0.25) is 4.79 Å². The highest BCUT2D eigenvalue weighted by molar-refractivity contribution is 5.83. The van der Waals surface area contributed by atoms with E-state index in [1.165, 1.54) is 0 Å². The van der Waals surface area contributed by atoms with Crippen LogP contribution in [0.2, 0.25) is 0 Å². The summed E-state index contributed by atoms with van der Waals surface area (Å²) in [5.74, 6) is 5.91. The second-order valence-electron chi connectivity index (χ2n) is 7.98. The molecular weight excluding hydrogens is 340 g/mol. The summed E-state index contributed by atoms with van der Waals surface area (Å²) in [6.07, 6.45) is 5.26. The number of nitrogens with zero attached hydrogens (tertiary/aromatic N) is 2. The molecule has 1 heterocycles. The van der Waals surface area contributed by atoms with Crippen LogP contribution in [0.4, 0.5) is 0 Å². The minimum absolute atomic E-state index is 0.00384. The van der Waals surface area contributed by atoms with Gasteiger partial charge in [0.1, 0.15) is 11.6 Å². The molecule has 0 bridgehead atoms. The molecule has 5 nitrogen and oxygen atoms in total. The molecule has 3 aliphatic rings. The zero-order valence-electron chi connectivity index (χ0n) is 15.3. The summed E-state index contributed by atoms with van der Waals surface area (Å²) in [6, 6.07) is 8.99. The molecule has 1 aliphatic heterocycles. The molecule has 0 aromatic heterocycles. The number of rotatable bonds is 3. The molecule has 0 spiro atoms. The third kappa shape index (κ3) is 3.34. The number of aliphatic hydroxyl groups is 2. The van der Waals surface area contributed by atoms with Crippen molar-refractivity contribution in [3.05, 3.63) is 35.4 Å². The van der Waals surface area contributed by atoms with E-state index in [0.717, 1.165) is 49.7 Å². The van der Waals surface area contributed by atoms with Crippen LogP contribution in [0.3, 0.4) is 0 Å². The first-order valence-electron chi connectivity index (χ1n) is 9.74. The summed E-state index contributed by atoms with van der Waals surface area (Å²) in [6.45, 7) is -0.143. The Bertz CT molecular complexity index is 820. The van der Waals surface area contributed by atoms with E-state index in [-0.39, 0.29) is 30.4 Å². The Morgan fingerprint density at radius 2 is 1.89 bits per heavy atom. The first-order valence-corrected chi connectivity index (χ1v) is 9.74. The fraction of sp³-hybridized carbons (Fsp3) is 0.545. The SMILES string of the molecule is N#C[C@@H]1[C@@H](c2ccc(C#CC3(O)CCCC3)cc2)[C@@H](CO)N1C(=O)C1CC1. The molecule has 0 radical (unpaired) electrons. The molecule has 3 atom stereocenters. The zero-order valence-corrected chi connectivity index (χ0v) is 15.3. The number of hydrogen-bond acceptors (Lipinski definition) is 4. The number of aliphatic hydroxyl groups excluding tert-OH is 1. The molecule has 0 unspecified atom stereocenters. The molecule has 2 N–H and O–H groups in total. The van der Waals surface area contributed by atoms with Gasteiger partial charge in [-0.1, -0.05) is 24.0 Å². The molecular formula is C22H24N2O3. The van der Waals surface area contributed by atoms with Crippen LogP contribution in [0.5, 0.6) is 0 Å². The lowest BCUT2D eigenvalue weighted by atomic mass is 9.75. The monoisotopic (exact) mass is 364 g/mol. The van der Waals surface area contributed by atoms with Crippen LogP contribution >= 0.6 is 0 Å². The van der Waals surface area contributed by atoms with Crippen molar-refractivity contribution in [2.75, 3.05) is 6.61 Å². The normalized spacial score (nSPS) is 28.6. The van der Waals surface area contributed by atoms with Crippen molar-refractivity contribution in [2.24, 2.45) is 5.92 Å². The van der Waals surface area contributed by atoms with Crippen LogP contribution in [0.15, 0.2) is 24.3 Å². The smallest absolute Gasteiger partial charge is 0.227 e. The minimum Gasteiger partial charge on any atom is -0.394 e. The Morgan fingerprint density at radius 3 is 2.44 bits per heavy atom. The highest BCUT2D eigenvalue weighted by Gasteiger charge is 2.53. The Hall–Kier alpha value is -2.34. The van der Waals surface area contributed by atoms with Gasteiger partial charge in [0.05, 0.1) is 18.7 Å². The second-order valence-corrected chi connectivity index (χ2v) is 7.98. The van der Waals surface area contributed by atoms with Crippen molar-refractivity contribution < 1.29 is 15.0 Å². The topological polar surface area (TPSA) is 84.6 Å². The first kappa shape index (κ1) is 18.0. The van der Waals surface area contributed by atoms with Gasteiger partial charge in [-0.25, -0.2) is 0 Å². The maximum atomic E-state index is 12.4. The van der Waals surface area contributed by atoms with E-state index < -0.39 is 11.6 Å². The lowest BCUT2D eigenvalue weighted by Gasteiger charge is -2.51. The fourth-order valence-corrected chi connectivity index (χ4v) is 4.31. The number of benzene rings is 1. The van der Waals surface area contributed by atoms with Crippen LogP contribution in [-0.4, -0.2) is 45.3 Å². The van der Waals surface area contributed by atoms with Crippen molar-refractivity contribution in [3.8, 4) is 17.9 Å². The Kier molecular flexibility index (Phi) is 4.68. The molecule has 5 heteroatoms. The highest BCUT2D eigenvalue weighted by atomic mass is 16.3. The predicted octanol–water partition coefficient (Wildman–Crippen LogP) is 1.93. The van der Waals surface area contributed by atoms with Gasteiger partial charge in [0.2, 0.25) is 5.91 Å². The second kappa shape index (κ2) is 7.00. The third-order valence-electron chi connectivity index (χ3n) is 6.08. The summed E-state index contributed by atoms with van der Waals surface area (Å²) in [5, 5.41) is 29.7. The van der Waals surface area contributed by atoms with E-state index in [1.807, 2.05) is 24.3 Å². The summed E-state index contributed by atoms with van der Waals surface area (Å²) in [7, 11) is 0. The lowest BCUT2D eigenvalue weighted by Crippen LogP contribution is -2.65. The number of likely N-dealkylation sites (tertiary alicyclic amines) is 1. The summed E-state index contributed by atoms with van der Waals surface area (Å²) < 4.78 is 0. The van der Waals surface area contributed by atoms with Crippen molar-refractivity contribution in [3.63, 3.8) is 0 Å². The maximum absolute atomic E-state index is 12.4. The van der Waals surface area contributed by atoms with Gasteiger partial charge < -0.3 is 15.1 Å². The quantitative estimate of drug-likeness (QED) is 0.803. The molecule has 1 saturated heterocycles. The van der Waals surface area contributed by atoms with Gasteiger partial charge in [-0.15, -0.1) is 0 Å². The van der Waals surface area contributed by atoms with Crippen LogP contribution in [0, 0.1) is 29.1 Å². The zero-order chi connectivity index (χ0) is 19.0. The molecule has 1 aromatic rings. The average Bonchev–Trinajstić information content (AvgIpc) is 3.43. The van der Waals surface area contributed by atoms with Gasteiger partial charge in [0.25, 0.3) is 0 Å². The van der Waals surface area contributed by atoms with Crippen LogP contribution in [0.1, 0.15) is 55.6 Å². The predicted molar refractivity (Wildman–Crippen MR) is 99.3 cm³/mol. The lowest BCUT2D eigenvalue weighted by molar-refractivity contribution is -0.148. The Balaban J connectivity index is 1.50. The summed E-state index contributed by atoms with van der Waals surface area (Å²) in [5.41, 5.74) is 0.897. The van der Waals surface area contributed by atoms with Gasteiger partial charge in [0, 0.05) is 17.4 Å². The number of hydrogen-bond donors (Lipinski definition) is 2. The molecule has 27 heavy (non-hydrogen) atoms. The first-order chi connectivity index (χ1) is 13.1. The van der Waals surface area contributed by atoms with E-state index >= 15 is 0 Å². The Labute approximate surface area is 159 Å². The summed E-state index contributed by atoms with van der Waals surface area (Å²) >= 11 is 0. The van der Waals surface area contributed by atoms with Gasteiger partial charge >= 0.3 is 0 Å². The molecule has 1 aromatic carbocycles. The summed E-state index contributed by atoms with van der Waals surface area (Å²) in [4.78, 5) is 14.0. The van der Waals surface area contributed by atoms with E-state index in [1.54, 1.807) is 4.90 Å². The molecule has 3 fully saturated rings. The van der Waals surface area contributed by atoms with Crippen molar-refractivity contribution >= 4 is 5.91 Å². The van der Waals surface area contributed by atoms with Crippen LogP contribution in [-0.2, 0) is 4.79 Å². The number of amides is 1. The average molecular weight is 364 g/mol. The maximum Gasteiger partial charge on any atom is 0.227 e. The van der Waals surface area contributed by atoms with Gasteiger partial charge in [-0.2, -0.15) is 5.26 Å². The molecule has 140 valence electrons. The van der Waals surface area contributed by atoms with Gasteiger partial charge in [0.15, 0.2) is 0 Å². The van der Waals surface area contributed by atoms with Crippen LogP contribution < -0.4 is 0 Å². The standard InChI is InChI=1S/C22H24N2O3/c23-13-18-20(19(14-25)24(18)21(26)17-7-8-17)16-5-3-15(4-6-16)9-12-22(27)10-1-2-11-22/h3-6,17-20,25,27H,1-2,7-8,10-11,14H2/t18-,19-,20-/m1/s1. The number of carbonyl (C=O) groups excluding carboxylic acids is 1. The minimum atomic E-state index is -0.857. The van der Waals surface area contributed by atoms with E-state index in [4.69, 9.17) is 0 Å². The fourth-order valence-electron chi connectivity index (χ4n) is 4.31. The van der Waals surface area contributed by atoms with Crippen molar-refractivity contribution in [1.82, 2.24) is 4.90 Å². The highest BCUT2D eigenvalue weighted by Crippen LogP contribution is 2.44. The molecule has 1 amide bonds. The van der Waals surface area contributed by atoms with Crippen molar-refractivity contribution in [2.45, 2.75) is 62.1 Å². The molecule has 2 aliphatic carbocycles.